The van der Waals surface area contributed by atoms with E-state index in [1.165, 1.54) is 10.4 Å². The number of nitrogens with one attached hydrogen (secondary N) is 1. The van der Waals surface area contributed by atoms with Crippen LogP contribution in [0.4, 0.5) is 0 Å². The molecule has 0 bridgehead atoms. The first-order chi connectivity index (χ1) is 11.0. The van der Waals surface area contributed by atoms with Gasteiger partial charge in [-0.25, -0.2) is 0 Å². The summed E-state index contributed by atoms with van der Waals surface area (Å²) in [4.78, 5) is 15.4. The van der Waals surface area contributed by atoms with E-state index in [1.807, 2.05) is 41.6 Å². The number of hydrogen-bond acceptors (Lipinski definition) is 4. The number of nitrogens with zero attached hydrogens (tertiary/aromatic N) is 1. The second kappa shape index (κ2) is 8.13. The molecule has 0 saturated heterocycles. The number of aryl methyl sites for hydroxylation is 1. The van der Waals surface area contributed by atoms with Crippen LogP contribution >= 0.6 is 11.3 Å². The van der Waals surface area contributed by atoms with Crippen molar-refractivity contribution in [3.05, 3.63) is 51.7 Å². The van der Waals surface area contributed by atoms with Crippen LogP contribution in [0.5, 0.6) is 5.75 Å². The zero-order valence-corrected chi connectivity index (χ0v) is 14.9. The van der Waals surface area contributed by atoms with E-state index >= 15 is 0 Å². The zero-order chi connectivity index (χ0) is 16.8. The van der Waals surface area contributed by atoms with Crippen molar-refractivity contribution in [2.75, 3.05) is 20.7 Å². The van der Waals surface area contributed by atoms with E-state index in [9.17, 15) is 4.79 Å². The summed E-state index contributed by atoms with van der Waals surface area (Å²) in [5, 5.41) is 5.04. The summed E-state index contributed by atoms with van der Waals surface area (Å²) < 4.78 is 5.41. The molecule has 0 aliphatic rings. The lowest BCUT2D eigenvalue weighted by Gasteiger charge is -2.25. The fourth-order valence-electron chi connectivity index (χ4n) is 2.43. The van der Waals surface area contributed by atoms with E-state index in [1.54, 1.807) is 18.4 Å². The second-order valence-electron chi connectivity index (χ2n) is 5.64. The minimum Gasteiger partial charge on any atom is -0.496 e. The SMILES string of the molecule is COc1ccccc1[C@H](C)N(C)CC(=O)NCc1sccc1C. The van der Waals surface area contributed by atoms with Crippen LogP contribution in [0.15, 0.2) is 35.7 Å². The van der Waals surface area contributed by atoms with Gasteiger partial charge in [0.1, 0.15) is 5.75 Å². The maximum absolute atomic E-state index is 12.2. The standard InChI is InChI=1S/C18H24N2O2S/c1-13-9-10-23-17(13)11-19-18(21)12-20(3)14(2)15-7-5-6-8-16(15)22-4/h5-10,14H,11-12H2,1-4H3,(H,19,21)/t14-/m0/s1. The highest BCUT2D eigenvalue weighted by Gasteiger charge is 2.18. The van der Waals surface area contributed by atoms with Crippen LogP contribution in [0.2, 0.25) is 0 Å². The van der Waals surface area contributed by atoms with Crippen LogP contribution in [-0.4, -0.2) is 31.5 Å². The number of carbonyl (C=O) groups is 1. The van der Waals surface area contributed by atoms with Gasteiger partial charge in [0, 0.05) is 16.5 Å². The summed E-state index contributed by atoms with van der Waals surface area (Å²) >= 11 is 1.67. The van der Waals surface area contributed by atoms with Gasteiger partial charge >= 0.3 is 0 Å². The molecular formula is C18H24N2O2S. The first-order valence-corrected chi connectivity index (χ1v) is 8.53. The van der Waals surface area contributed by atoms with E-state index in [2.05, 4.69) is 25.2 Å². The summed E-state index contributed by atoms with van der Waals surface area (Å²) in [6.07, 6.45) is 0. The third kappa shape index (κ3) is 4.56. The molecule has 0 saturated carbocycles. The molecule has 0 aliphatic heterocycles. The molecular weight excluding hydrogens is 308 g/mol. The third-order valence-corrected chi connectivity index (χ3v) is 5.08. The quantitative estimate of drug-likeness (QED) is 0.845. The molecule has 0 unspecified atom stereocenters. The lowest BCUT2D eigenvalue weighted by molar-refractivity contribution is -0.122. The predicted octanol–water partition coefficient (Wildman–Crippen LogP) is 3.37. The van der Waals surface area contributed by atoms with Gasteiger partial charge in [0.2, 0.25) is 5.91 Å². The molecule has 2 rings (SSSR count). The van der Waals surface area contributed by atoms with Crippen LogP contribution < -0.4 is 10.1 Å². The van der Waals surface area contributed by atoms with Crippen LogP contribution in [0, 0.1) is 6.92 Å². The maximum atomic E-state index is 12.2. The monoisotopic (exact) mass is 332 g/mol. The number of ether oxygens (including phenoxy) is 1. The maximum Gasteiger partial charge on any atom is 0.234 e. The Hall–Kier alpha value is -1.85. The van der Waals surface area contributed by atoms with Gasteiger partial charge in [-0.3, -0.25) is 9.69 Å². The number of rotatable bonds is 7. The summed E-state index contributed by atoms with van der Waals surface area (Å²) in [6, 6.07) is 10.1. The van der Waals surface area contributed by atoms with Gasteiger partial charge in [-0.2, -0.15) is 0 Å². The molecule has 0 spiro atoms. The summed E-state index contributed by atoms with van der Waals surface area (Å²) in [5.41, 5.74) is 2.31. The van der Waals surface area contributed by atoms with Crippen molar-refractivity contribution in [2.45, 2.75) is 26.4 Å². The lowest BCUT2D eigenvalue weighted by atomic mass is 10.1. The topological polar surface area (TPSA) is 41.6 Å². The second-order valence-corrected chi connectivity index (χ2v) is 6.64. The molecule has 0 radical (unpaired) electrons. The molecule has 5 heteroatoms. The number of para-hydroxylation sites is 1. The van der Waals surface area contributed by atoms with Crippen molar-refractivity contribution in [1.82, 2.24) is 10.2 Å². The van der Waals surface area contributed by atoms with Crippen molar-refractivity contribution < 1.29 is 9.53 Å². The molecule has 1 N–H and O–H groups in total. The average Bonchev–Trinajstić information content (AvgIpc) is 2.97. The Morgan fingerprint density at radius 3 is 2.74 bits per heavy atom. The molecule has 1 aromatic heterocycles. The van der Waals surface area contributed by atoms with Crippen molar-refractivity contribution in [3.8, 4) is 5.75 Å². The van der Waals surface area contributed by atoms with Crippen molar-refractivity contribution in [3.63, 3.8) is 0 Å². The molecule has 0 fully saturated rings. The molecule has 23 heavy (non-hydrogen) atoms. The molecule has 1 atom stereocenters. The molecule has 124 valence electrons. The van der Waals surface area contributed by atoms with E-state index in [0.717, 1.165) is 11.3 Å². The summed E-state index contributed by atoms with van der Waals surface area (Å²) in [7, 11) is 3.62. The normalized spacial score (nSPS) is 12.2. The van der Waals surface area contributed by atoms with Crippen molar-refractivity contribution in [2.24, 2.45) is 0 Å². The largest absolute Gasteiger partial charge is 0.496 e. The van der Waals surface area contributed by atoms with Gasteiger partial charge in [-0.15, -0.1) is 11.3 Å². The van der Waals surface area contributed by atoms with Crippen molar-refractivity contribution >= 4 is 17.2 Å². The Bertz CT molecular complexity index is 654. The number of carbonyl (C=O) groups excluding carboxylic acids is 1. The predicted molar refractivity (Wildman–Crippen MR) is 94.9 cm³/mol. The fraction of sp³-hybridized carbons (Fsp3) is 0.389. The average molecular weight is 332 g/mol. The zero-order valence-electron chi connectivity index (χ0n) is 14.1. The van der Waals surface area contributed by atoms with E-state index in [4.69, 9.17) is 4.74 Å². The molecule has 2 aromatic rings. The van der Waals surface area contributed by atoms with Gasteiger partial charge in [-0.1, -0.05) is 18.2 Å². The van der Waals surface area contributed by atoms with E-state index in [0.29, 0.717) is 13.1 Å². The highest BCUT2D eigenvalue weighted by Crippen LogP contribution is 2.27. The molecule has 0 aliphatic carbocycles. The Balaban J connectivity index is 1.91. The molecule has 1 amide bonds. The Labute approximate surface area is 142 Å². The van der Waals surface area contributed by atoms with Crippen LogP contribution in [0.25, 0.3) is 0 Å². The van der Waals surface area contributed by atoms with Gasteiger partial charge in [0.25, 0.3) is 0 Å². The van der Waals surface area contributed by atoms with Crippen molar-refractivity contribution in [1.29, 1.82) is 0 Å². The van der Waals surface area contributed by atoms with E-state index < -0.39 is 0 Å². The fourth-order valence-corrected chi connectivity index (χ4v) is 3.28. The van der Waals surface area contributed by atoms with Gasteiger partial charge in [0.05, 0.1) is 20.2 Å². The third-order valence-electron chi connectivity index (χ3n) is 4.06. The van der Waals surface area contributed by atoms with E-state index in [-0.39, 0.29) is 11.9 Å². The minimum absolute atomic E-state index is 0.0297. The summed E-state index contributed by atoms with van der Waals surface area (Å²) in [5.74, 6) is 0.878. The lowest BCUT2D eigenvalue weighted by Crippen LogP contribution is -2.36. The van der Waals surface area contributed by atoms with Gasteiger partial charge < -0.3 is 10.1 Å². The highest BCUT2D eigenvalue weighted by atomic mass is 32.1. The number of thiophene rings is 1. The first-order valence-electron chi connectivity index (χ1n) is 7.65. The number of likely N-dealkylation sites (N-methyl/N-ethyl adjacent to an activating group) is 1. The van der Waals surface area contributed by atoms with Gasteiger partial charge in [-0.05, 0) is 44.0 Å². The number of methoxy groups -OCH3 is 1. The molecule has 1 aromatic carbocycles. The van der Waals surface area contributed by atoms with Gasteiger partial charge in [0.15, 0.2) is 0 Å². The Morgan fingerprint density at radius 2 is 2.09 bits per heavy atom. The minimum atomic E-state index is 0.0297. The van der Waals surface area contributed by atoms with Crippen LogP contribution in [0.1, 0.15) is 29.0 Å². The highest BCUT2D eigenvalue weighted by molar-refractivity contribution is 7.10. The van der Waals surface area contributed by atoms with Crippen LogP contribution in [0.3, 0.4) is 0 Å². The Morgan fingerprint density at radius 1 is 1.35 bits per heavy atom. The molecule has 4 nitrogen and oxygen atoms in total. The number of benzene rings is 1. The number of amides is 1. The Kier molecular flexibility index (Phi) is 6.19. The molecule has 1 heterocycles. The number of hydrogen-bond donors (Lipinski definition) is 1. The van der Waals surface area contributed by atoms with Crippen LogP contribution in [-0.2, 0) is 11.3 Å². The smallest absolute Gasteiger partial charge is 0.234 e. The summed E-state index contributed by atoms with van der Waals surface area (Å²) in [6.45, 7) is 5.09. The first kappa shape index (κ1) is 17.5.